The molecule has 0 aliphatic heterocycles. The molecular weight excluding hydrogens is 218 g/mol. The van der Waals surface area contributed by atoms with Gasteiger partial charge in [-0.15, -0.1) is 0 Å². The van der Waals surface area contributed by atoms with E-state index in [4.69, 9.17) is 4.74 Å². The Bertz CT molecular complexity index is 225. The van der Waals surface area contributed by atoms with Crippen molar-refractivity contribution in [3.8, 4) is 0 Å². The minimum atomic E-state index is -1.04. The highest BCUT2D eigenvalue weighted by molar-refractivity contribution is 5.74. The predicted molar refractivity (Wildman–Crippen MR) is 66.7 cm³/mol. The zero-order chi connectivity index (χ0) is 12.7. The summed E-state index contributed by atoms with van der Waals surface area (Å²) in [6, 6.07) is 0. The van der Waals surface area contributed by atoms with Crippen molar-refractivity contribution in [2.45, 2.75) is 58.2 Å². The molecule has 0 saturated heterocycles. The minimum Gasteiger partial charge on any atom is -0.461 e. The monoisotopic (exact) mass is 243 g/mol. The molecule has 0 aromatic carbocycles. The fourth-order valence-electron chi connectivity index (χ4n) is 2.21. The highest BCUT2D eigenvalue weighted by atomic mass is 16.6. The number of aliphatic hydroxyl groups is 1. The minimum absolute atomic E-state index is 0.171. The first-order chi connectivity index (χ1) is 8.09. The number of rotatable bonds is 6. The van der Waals surface area contributed by atoms with E-state index in [0.717, 1.165) is 6.54 Å². The quantitative estimate of drug-likeness (QED) is 0.694. The summed E-state index contributed by atoms with van der Waals surface area (Å²) < 4.78 is 4.93. The van der Waals surface area contributed by atoms with Crippen molar-refractivity contribution in [3.63, 3.8) is 0 Å². The van der Waals surface area contributed by atoms with Crippen molar-refractivity contribution in [2.24, 2.45) is 5.92 Å². The van der Waals surface area contributed by atoms with E-state index < -0.39 is 12.1 Å². The van der Waals surface area contributed by atoms with Crippen LogP contribution in [0, 0.1) is 5.92 Å². The smallest absolute Gasteiger partial charge is 0.336 e. The van der Waals surface area contributed by atoms with E-state index in [2.05, 4.69) is 5.32 Å². The lowest BCUT2D eigenvalue weighted by molar-refractivity contribution is -0.157. The first-order valence-electron chi connectivity index (χ1n) is 6.69. The predicted octanol–water partition coefficient (Wildman–Crippen LogP) is 1.47. The average molecular weight is 243 g/mol. The number of carbonyl (C=O) groups excluding carboxylic acids is 1. The van der Waals surface area contributed by atoms with Gasteiger partial charge in [0.25, 0.3) is 0 Å². The van der Waals surface area contributed by atoms with E-state index in [1.165, 1.54) is 32.1 Å². The second-order valence-electron chi connectivity index (χ2n) is 5.16. The van der Waals surface area contributed by atoms with Gasteiger partial charge < -0.3 is 15.2 Å². The Balaban J connectivity index is 2.10. The summed E-state index contributed by atoms with van der Waals surface area (Å²) >= 11 is 0. The van der Waals surface area contributed by atoms with Crippen molar-refractivity contribution >= 4 is 5.97 Å². The van der Waals surface area contributed by atoms with E-state index in [9.17, 15) is 9.90 Å². The van der Waals surface area contributed by atoms with Crippen LogP contribution in [-0.2, 0) is 9.53 Å². The van der Waals surface area contributed by atoms with Crippen LogP contribution in [0.1, 0.15) is 46.0 Å². The number of hydrogen-bond donors (Lipinski definition) is 2. The van der Waals surface area contributed by atoms with Crippen LogP contribution >= 0.6 is 0 Å². The van der Waals surface area contributed by atoms with E-state index in [1.54, 1.807) is 13.8 Å². The van der Waals surface area contributed by atoms with Crippen molar-refractivity contribution in [1.29, 1.82) is 0 Å². The number of ether oxygens (including phenoxy) is 1. The molecule has 2 N–H and O–H groups in total. The maximum Gasteiger partial charge on any atom is 0.336 e. The van der Waals surface area contributed by atoms with Crippen LogP contribution in [0.3, 0.4) is 0 Å². The topological polar surface area (TPSA) is 58.6 Å². The Morgan fingerprint density at radius 1 is 1.35 bits per heavy atom. The van der Waals surface area contributed by atoms with Crippen LogP contribution in [0.2, 0.25) is 0 Å². The van der Waals surface area contributed by atoms with Crippen LogP contribution in [0.4, 0.5) is 0 Å². The highest BCUT2D eigenvalue weighted by Gasteiger charge is 2.18. The molecule has 0 aromatic rings. The van der Waals surface area contributed by atoms with Crippen molar-refractivity contribution in [3.05, 3.63) is 0 Å². The molecule has 4 heteroatoms. The summed E-state index contributed by atoms with van der Waals surface area (Å²) in [5.41, 5.74) is 0. The summed E-state index contributed by atoms with van der Waals surface area (Å²) in [5.74, 6) is 0.174. The van der Waals surface area contributed by atoms with Gasteiger partial charge in [0, 0.05) is 6.54 Å². The third-order valence-electron chi connectivity index (χ3n) is 3.12. The van der Waals surface area contributed by atoms with E-state index >= 15 is 0 Å². The summed E-state index contributed by atoms with van der Waals surface area (Å²) in [7, 11) is 0. The number of esters is 1. The summed E-state index contributed by atoms with van der Waals surface area (Å²) in [5, 5.41) is 12.7. The highest BCUT2D eigenvalue weighted by Crippen LogP contribution is 2.22. The second-order valence-corrected chi connectivity index (χ2v) is 5.16. The van der Waals surface area contributed by atoms with Gasteiger partial charge in [0.1, 0.15) is 0 Å². The zero-order valence-corrected chi connectivity index (χ0v) is 10.9. The molecule has 0 bridgehead atoms. The molecule has 17 heavy (non-hydrogen) atoms. The maximum atomic E-state index is 11.3. The largest absolute Gasteiger partial charge is 0.461 e. The molecule has 1 atom stereocenters. The zero-order valence-electron chi connectivity index (χ0n) is 10.9. The molecule has 0 unspecified atom stereocenters. The SMILES string of the molecule is CC(C)OC(=O)[C@H](O)CNCC1CCCCC1. The van der Waals surface area contributed by atoms with Gasteiger partial charge in [-0.25, -0.2) is 4.79 Å². The Hall–Kier alpha value is -0.610. The molecule has 0 heterocycles. The van der Waals surface area contributed by atoms with Gasteiger partial charge in [0.05, 0.1) is 6.10 Å². The normalized spacial score (nSPS) is 19.3. The standard InChI is InChI=1S/C13H25NO3/c1-10(2)17-13(16)12(15)9-14-8-11-6-4-3-5-7-11/h10-12,14-15H,3-9H2,1-2H3/t12-/m1/s1. The summed E-state index contributed by atoms with van der Waals surface area (Å²) in [6.07, 6.45) is 5.28. The average Bonchev–Trinajstić information content (AvgIpc) is 2.29. The summed E-state index contributed by atoms with van der Waals surface area (Å²) in [6.45, 7) is 4.74. The van der Waals surface area contributed by atoms with Gasteiger partial charge in [-0.05, 0) is 39.2 Å². The molecule has 1 rings (SSSR count). The Morgan fingerprint density at radius 2 is 2.00 bits per heavy atom. The lowest BCUT2D eigenvalue weighted by Crippen LogP contribution is -2.37. The third-order valence-corrected chi connectivity index (χ3v) is 3.12. The number of aliphatic hydroxyl groups excluding tert-OH is 1. The van der Waals surface area contributed by atoms with E-state index in [0.29, 0.717) is 12.5 Å². The first kappa shape index (κ1) is 14.5. The number of hydrogen-bond acceptors (Lipinski definition) is 4. The van der Waals surface area contributed by atoms with Gasteiger partial charge in [0.2, 0.25) is 0 Å². The molecule has 1 aliphatic rings. The third kappa shape index (κ3) is 6.03. The van der Waals surface area contributed by atoms with Crippen LogP contribution < -0.4 is 5.32 Å². The number of nitrogens with one attached hydrogen (secondary N) is 1. The molecule has 0 amide bonds. The Kier molecular flexibility index (Phi) is 6.52. The lowest BCUT2D eigenvalue weighted by Gasteiger charge is -2.22. The van der Waals surface area contributed by atoms with Gasteiger partial charge in [0.15, 0.2) is 6.10 Å². The molecule has 0 aromatic heterocycles. The van der Waals surface area contributed by atoms with Crippen molar-refractivity contribution in [2.75, 3.05) is 13.1 Å². The number of carbonyl (C=O) groups is 1. The molecule has 100 valence electrons. The van der Waals surface area contributed by atoms with Gasteiger partial charge >= 0.3 is 5.97 Å². The fourth-order valence-corrected chi connectivity index (χ4v) is 2.21. The van der Waals surface area contributed by atoms with Crippen LogP contribution in [0.15, 0.2) is 0 Å². The molecule has 0 spiro atoms. The summed E-state index contributed by atoms with van der Waals surface area (Å²) in [4.78, 5) is 11.3. The first-order valence-corrected chi connectivity index (χ1v) is 6.69. The van der Waals surface area contributed by atoms with E-state index in [1.807, 2.05) is 0 Å². The molecule has 1 aliphatic carbocycles. The molecular formula is C13H25NO3. The van der Waals surface area contributed by atoms with Crippen molar-refractivity contribution in [1.82, 2.24) is 5.32 Å². The van der Waals surface area contributed by atoms with Crippen LogP contribution in [0.25, 0.3) is 0 Å². The van der Waals surface area contributed by atoms with Crippen molar-refractivity contribution < 1.29 is 14.6 Å². The molecule has 4 nitrogen and oxygen atoms in total. The van der Waals surface area contributed by atoms with Crippen LogP contribution in [-0.4, -0.2) is 36.4 Å². The van der Waals surface area contributed by atoms with Gasteiger partial charge in [-0.3, -0.25) is 0 Å². The Morgan fingerprint density at radius 3 is 2.59 bits per heavy atom. The second kappa shape index (κ2) is 7.67. The Labute approximate surface area is 104 Å². The maximum absolute atomic E-state index is 11.3. The van der Waals surface area contributed by atoms with Gasteiger partial charge in [-0.2, -0.15) is 0 Å². The molecule has 1 fully saturated rings. The fraction of sp³-hybridized carbons (Fsp3) is 0.923. The van der Waals surface area contributed by atoms with Crippen LogP contribution in [0.5, 0.6) is 0 Å². The lowest BCUT2D eigenvalue weighted by atomic mass is 9.89. The van der Waals surface area contributed by atoms with Gasteiger partial charge in [-0.1, -0.05) is 19.3 Å². The molecule has 0 radical (unpaired) electrons. The van der Waals surface area contributed by atoms with E-state index in [-0.39, 0.29) is 6.10 Å². The molecule has 1 saturated carbocycles.